The molecule has 0 fully saturated rings. The fourth-order valence-corrected chi connectivity index (χ4v) is 1.61. The molecule has 10 heavy (non-hydrogen) atoms. The molecule has 0 bridgehead atoms. The number of rotatable bonds is 5. The molecule has 0 aliphatic carbocycles. The first-order valence-electron chi connectivity index (χ1n) is 3.82. The van der Waals surface area contributed by atoms with Gasteiger partial charge in [0, 0.05) is 6.16 Å². The van der Waals surface area contributed by atoms with Crippen LogP contribution in [0.3, 0.4) is 0 Å². The van der Waals surface area contributed by atoms with Crippen LogP contribution in [0.4, 0.5) is 0 Å². The fraction of sp³-hybridized carbons (Fsp3) is 1.00. The topological polar surface area (TPSA) is 26.3 Å². The fourth-order valence-electron chi connectivity index (χ4n) is 0.536. The molecular formula is C7H17O2P. The van der Waals surface area contributed by atoms with E-state index in [9.17, 15) is 4.57 Å². The van der Waals surface area contributed by atoms with Gasteiger partial charge in [-0.3, -0.25) is 4.57 Å². The smallest absolute Gasteiger partial charge is 0.191 e. The minimum Gasteiger partial charge on any atom is -0.330 e. The van der Waals surface area contributed by atoms with Crippen LogP contribution in [0, 0.1) is 5.92 Å². The van der Waals surface area contributed by atoms with E-state index in [0.29, 0.717) is 12.5 Å². The van der Waals surface area contributed by atoms with Crippen molar-refractivity contribution in [3.05, 3.63) is 0 Å². The van der Waals surface area contributed by atoms with Gasteiger partial charge in [0.15, 0.2) is 8.03 Å². The van der Waals surface area contributed by atoms with Crippen LogP contribution in [0.2, 0.25) is 0 Å². The van der Waals surface area contributed by atoms with Gasteiger partial charge in [-0.15, -0.1) is 0 Å². The van der Waals surface area contributed by atoms with Gasteiger partial charge in [0.25, 0.3) is 0 Å². The first-order valence-corrected chi connectivity index (χ1v) is 5.34. The minimum atomic E-state index is -1.69. The zero-order chi connectivity index (χ0) is 7.98. The molecule has 0 rings (SSSR count). The molecule has 3 heteroatoms. The van der Waals surface area contributed by atoms with Crippen molar-refractivity contribution in [1.29, 1.82) is 0 Å². The number of hydrogen-bond acceptors (Lipinski definition) is 2. The molecule has 0 aromatic carbocycles. The average Bonchev–Trinajstić information content (AvgIpc) is 1.85. The Kier molecular flexibility index (Phi) is 6.05. The molecule has 2 nitrogen and oxygen atoms in total. The van der Waals surface area contributed by atoms with Gasteiger partial charge < -0.3 is 4.52 Å². The lowest BCUT2D eigenvalue weighted by molar-refractivity contribution is 0.283. The van der Waals surface area contributed by atoms with Gasteiger partial charge in [-0.25, -0.2) is 0 Å². The summed E-state index contributed by atoms with van der Waals surface area (Å²) in [5, 5.41) is 0. The third-order valence-corrected chi connectivity index (χ3v) is 2.43. The van der Waals surface area contributed by atoms with E-state index >= 15 is 0 Å². The van der Waals surface area contributed by atoms with Crippen molar-refractivity contribution in [2.45, 2.75) is 27.2 Å². The highest BCUT2D eigenvalue weighted by atomic mass is 31.1. The van der Waals surface area contributed by atoms with Crippen molar-refractivity contribution in [2.24, 2.45) is 5.92 Å². The van der Waals surface area contributed by atoms with Crippen molar-refractivity contribution in [2.75, 3.05) is 12.8 Å². The molecule has 0 saturated carbocycles. The molecule has 1 atom stereocenters. The minimum absolute atomic E-state index is 0.491. The van der Waals surface area contributed by atoms with Crippen LogP contribution in [0.1, 0.15) is 27.2 Å². The largest absolute Gasteiger partial charge is 0.330 e. The summed E-state index contributed by atoms with van der Waals surface area (Å²) >= 11 is 0. The highest BCUT2D eigenvalue weighted by Gasteiger charge is 1.98. The Morgan fingerprint density at radius 3 is 2.50 bits per heavy atom. The summed E-state index contributed by atoms with van der Waals surface area (Å²) in [4.78, 5) is 0. The zero-order valence-corrected chi connectivity index (χ0v) is 8.02. The third-order valence-electron chi connectivity index (χ3n) is 1.03. The Labute approximate surface area is 63.8 Å². The molecule has 0 amide bonds. The van der Waals surface area contributed by atoms with Crippen LogP contribution in [-0.2, 0) is 9.09 Å². The molecule has 1 unspecified atom stereocenters. The highest BCUT2D eigenvalue weighted by Crippen LogP contribution is 2.23. The van der Waals surface area contributed by atoms with E-state index in [0.717, 1.165) is 12.6 Å². The van der Waals surface area contributed by atoms with Crippen LogP contribution in [0.5, 0.6) is 0 Å². The summed E-state index contributed by atoms with van der Waals surface area (Å²) in [5.41, 5.74) is 0. The lowest BCUT2D eigenvalue weighted by Crippen LogP contribution is -1.96. The Morgan fingerprint density at radius 1 is 1.50 bits per heavy atom. The summed E-state index contributed by atoms with van der Waals surface area (Å²) in [5.74, 6) is 0.491. The van der Waals surface area contributed by atoms with Crippen LogP contribution in [-0.4, -0.2) is 12.8 Å². The van der Waals surface area contributed by atoms with Gasteiger partial charge in [-0.1, -0.05) is 20.8 Å². The first-order chi connectivity index (χ1) is 4.66. The molecule has 0 aliphatic rings. The predicted molar refractivity (Wildman–Crippen MR) is 44.9 cm³/mol. The number of hydrogen-bond donors (Lipinski definition) is 0. The van der Waals surface area contributed by atoms with E-state index in [1.54, 1.807) is 0 Å². The van der Waals surface area contributed by atoms with Gasteiger partial charge in [0.05, 0.1) is 6.61 Å². The molecule has 62 valence electrons. The van der Waals surface area contributed by atoms with E-state index in [1.807, 2.05) is 6.92 Å². The van der Waals surface area contributed by atoms with Crippen molar-refractivity contribution in [3.8, 4) is 0 Å². The molecule has 0 aliphatic heterocycles. The molecule has 0 N–H and O–H groups in total. The summed E-state index contributed by atoms with van der Waals surface area (Å²) in [6, 6.07) is 0. The van der Waals surface area contributed by atoms with Crippen LogP contribution in [0.25, 0.3) is 0 Å². The van der Waals surface area contributed by atoms with Gasteiger partial charge in [0.1, 0.15) is 0 Å². The average molecular weight is 164 g/mol. The first kappa shape index (κ1) is 10.2. The molecule has 0 aromatic rings. The Hall–Kier alpha value is 0.190. The van der Waals surface area contributed by atoms with Gasteiger partial charge in [-0.2, -0.15) is 0 Å². The van der Waals surface area contributed by atoms with E-state index < -0.39 is 8.03 Å². The van der Waals surface area contributed by atoms with Crippen molar-refractivity contribution < 1.29 is 9.09 Å². The molecule has 0 aromatic heterocycles. The maximum Gasteiger partial charge on any atom is 0.191 e. The van der Waals surface area contributed by atoms with Crippen molar-refractivity contribution >= 4 is 8.03 Å². The Morgan fingerprint density at radius 2 is 2.10 bits per heavy atom. The van der Waals surface area contributed by atoms with Crippen LogP contribution >= 0.6 is 8.03 Å². The lowest BCUT2D eigenvalue weighted by Gasteiger charge is -2.04. The van der Waals surface area contributed by atoms with Crippen LogP contribution in [0.15, 0.2) is 0 Å². The monoisotopic (exact) mass is 164 g/mol. The molecule has 0 heterocycles. The SMILES string of the molecule is CCC[PH](=O)OCC(C)C. The molecular weight excluding hydrogens is 147 g/mol. The second kappa shape index (κ2) is 5.94. The van der Waals surface area contributed by atoms with Gasteiger partial charge in [0.2, 0.25) is 0 Å². The second-order valence-electron chi connectivity index (χ2n) is 2.83. The Bertz CT molecular complexity index is 102. The highest BCUT2D eigenvalue weighted by molar-refractivity contribution is 7.39. The maximum absolute atomic E-state index is 10.9. The zero-order valence-electron chi connectivity index (χ0n) is 7.02. The van der Waals surface area contributed by atoms with E-state index in [2.05, 4.69) is 13.8 Å². The second-order valence-corrected chi connectivity index (χ2v) is 4.36. The van der Waals surface area contributed by atoms with E-state index in [4.69, 9.17) is 4.52 Å². The van der Waals surface area contributed by atoms with Gasteiger partial charge in [-0.05, 0) is 12.3 Å². The van der Waals surface area contributed by atoms with Crippen molar-refractivity contribution in [1.82, 2.24) is 0 Å². The van der Waals surface area contributed by atoms with Crippen molar-refractivity contribution in [3.63, 3.8) is 0 Å². The molecule has 0 saturated heterocycles. The standard InChI is InChI=1S/C7H17O2P/c1-4-5-10(8)9-6-7(2)3/h7,10H,4-6H2,1-3H3. The van der Waals surface area contributed by atoms with E-state index in [-0.39, 0.29) is 0 Å². The quantitative estimate of drug-likeness (QED) is 0.583. The van der Waals surface area contributed by atoms with Crippen LogP contribution < -0.4 is 0 Å². The summed E-state index contributed by atoms with van der Waals surface area (Å²) in [6.45, 7) is 6.77. The summed E-state index contributed by atoms with van der Waals surface area (Å²) < 4.78 is 16.0. The predicted octanol–water partition coefficient (Wildman–Crippen LogP) is 2.54. The maximum atomic E-state index is 10.9. The molecule has 0 radical (unpaired) electrons. The summed E-state index contributed by atoms with van der Waals surface area (Å²) in [7, 11) is -1.69. The molecule has 0 spiro atoms. The van der Waals surface area contributed by atoms with Gasteiger partial charge >= 0.3 is 0 Å². The Balaban J connectivity index is 3.22. The normalized spacial score (nSPS) is 14.0. The van der Waals surface area contributed by atoms with E-state index in [1.165, 1.54) is 0 Å². The summed E-state index contributed by atoms with van der Waals surface area (Å²) in [6.07, 6.45) is 1.69. The third kappa shape index (κ3) is 6.31. The lowest BCUT2D eigenvalue weighted by atomic mass is 10.2.